The van der Waals surface area contributed by atoms with Gasteiger partial charge in [-0.2, -0.15) is 0 Å². The van der Waals surface area contributed by atoms with Crippen molar-refractivity contribution in [1.29, 1.82) is 0 Å². The molecular weight excluding hydrogens is 158 g/mol. The Labute approximate surface area is 82.6 Å². The van der Waals surface area contributed by atoms with E-state index in [0.29, 0.717) is 6.04 Å². The number of hydrogen-bond acceptors (Lipinski definition) is 1. The van der Waals surface area contributed by atoms with Crippen LogP contribution in [-0.2, 0) is 0 Å². The van der Waals surface area contributed by atoms with E-state index in [1.807, 2.05) is 0 Å². The van der Waals surface area contributed by atoms with E-state index in [0.717, 1.165) is 0 Å². The van der Waals surface area contributed by atoms with E-state index >= 15 is 0 Å². The minimum Gasteiger partial charge on any atom is -0.311 e. The molecular formula is C12H23N. The van der Waals surface area contributed by atoms with Crippen LogP contribution in [0.1, 0.15) is 51.9 Å². The lowest BCUT2D eigenvalue weighted by Gasteiger charge is -2.09. The van der Waals surface area contributed by atoms with Crippen molar-refractivity contribution in [3.63, 3.8) is 0 Å². The zero-order chi connectivity index (χ0) is 9.36. The van der Waals surface area contributed by atoms with Crippen LogP contribution in [0.3, 0.4) is 0 Å². The van der Waals surface area contributed by atoms with Crippen molar-refractivity contribution < 1.29 is 0 Å². The fraction of sp³-hybridized carbons (Fsp3) is 0.833. The van der Waals surface area contributed by atoms with Gasteiger partial charge in [0.2, 0.25) is 0 Å². The van der Waals surface area contributed by atoms with Gasteiger partial charge in [-0.05, 0) is 25.8 Å². The molecule has 1 rings (SSSR count). The first-order valence-corrected chi connectivity index (χ1v) is 5.83. The van der Waals surface area contributed by atoms with E-state index in [4.69, 9.17) is 0 Å². The van der Waals surface area contributed by atoms with Gasteiger partial charge in [0.1, 0.15) is 0 Å². The highest BCUT2D eigenvalue weighted by atomic mass is 14.9. The molecule has 1 unspecified atom stereocenters. The second-order valence-corrected chi connectivity index (χ2v) is 3.98. The molecule has 0 heterocycles. The van der Waals surface area contributed by atoms with E-state index in [9.17, 15) is 0 Å². The van der Waals surface area contributed by atoms with Crippen LogP contribution in [0.15, 0.2) is 12.2 Å². The third-order valence-electron chi connectivity index (χ3n) is 2.70. The van der Waals surface area contributed by atoms with Gasteiger partial charge >= 0.3 is 0 Å². The van der Waals surface area contributed by atoms with Gasteiger partial charge in [0, 0.05) is 6.04 Å². The van der Waals surface area contributed by atoms with E-state index < -0.39 is 0 Å². The second kappa shape index (κ2) is 7.14. The van der Waals surface area contributed by atoms with E-state index in [1.54, 1.807) is 0 Å². The van der Waals surface area contributed by atoms with Crippen molar-refractivity contribution in [3.05, 3.63) is 12.2 Å². The van der Waals surface area contributed by atoms with Crippen molar-refractivity contribution in [2.24, 2.45) is 0 Å². The van der Waals surface area contributed by atoms with Crippen LogP contribution in [0.25, 0.3) is 0 Å². The van der Waals surface area contributed by atoms with Crippen LogP contribution in [-0.4, -0.2) is 12.6 Å². The van der Waals surface area contributed by atoms with Crippen molar-refractivity contribution in [3.8, 4) is 0 Å². The topological polar surface area (TPSA) is 12.0 Å². The van der Waals surface area contributed by atoms with E-state index in [1.165, 1.54) is 51.5 Å². The number of allylic oxidation sites excluding steroid dienone is 1. The molecule has 0 aromatic rings. The number of rotatable bonds is 7. The molecule has 13 heavy (non-hydrogen) atoms. The number of unbranched alkanes of at least 4 members (excludes halogenated alkanes) is 4. The molecule has 1 atom stereocenters. The van der Waals surface area contributed by atoms with Crippen molar-refractivity contribution >= 4 is 0 Å². The first-order valence-electron chi connectivity index (χ1n) is 5.83. The fourth-order valence-corrected chi connectivity index (χ4v) is 1.82. The Morgan fingerprint density at radius 2 is 2.08 bits per heavy atom. The maximum absolute atomic E-state index is 3.57. The van der Waals surface area contributed by atoms with Gasteiger partial charge in [-0.15, -0.1) is 0 Å². The molecule has 0 spiro atoms. The highest BCUT2D eigenvalue weighted by Crippen LogP contribution is 2.09. The molecule has 0 fully saturated rings. The average molecular weight is 181 g/mol. The normalized spacial score (nSPS) is 21.2. The molecule has 76 valence electrons. The average Bonchev–Trinajstić information content (AvgIpc) is 2.63. The quantitative estimate of drug-likeness (QED) is 0.469. The molecule has 1 nitrogen and oxygen atoms in total. The maximum atomic E-state index is 3.57. The first-order chi connectivity index (χ1) is 6.43. The van der Waals surface area contributed by atoms with Crippen LogP contribution in [0.4, 0.5) is 0 Å². The van der Waals surface area contributed by atoms with E-state index in [2.05, 4.69) is 24.4 Å². The lowest BCUT2D eigenvalue weighted by molar-refractivity contribution is 0.538. The third-order valence-corrected chi connectivity index (χ3v) is 2.70. The summed E-state index contributed by atoms with van der Waals surface area (Å²) in [6, 6.07) is 0.686. The molecule has 0 radical (unpaired) electrons. The zero-order valence-electron chi connectivity index (χ0n) is 8.89. The number of nitrogens with one attached hydrogen (secondary N) is 1. The van der Waals surface area contributed by atoms with Crippen LogP contribution in [0.2, 0.25) is 0 Å². The van der Waals surface area contributed by atoms with Gasteiger partial charge in [0.15, 0.2) is 0 Å². The van der Waals surface area contributed by atoms with Gasteiger partial charge in [0.25, 0.3) is 0 Å². The highest BCUT2D eigenvalue weighted by Gasteiger charge is 2.06. The molecule has 0 bridgehead atoms. The Hall–Kier alpha value is -0.300. The van der Waals surface area contributed by atoms with Gasteiger partial charge in [0.05, 0.1) is 0 Å². The monoisotopic (exact) mass is 181 g/mol. The van der Waals surface area contributed by atoms with Crippen molar-refractivity contribution in [2.45, 2.75) is 57.9 Å². The molecule has 0 saturated carbocycles. The van der Waals surface area contributed by atoms with Gasteiger partial charge < -0.3 is 5.32 Å². The summed E-state index contributed by atoms with van der Waals surface area (Å²) in [7, 11) is 0. The van der Waals surface area contributed by atoms with Crippen LogP contribution in [0.5, 0.6) is 0 Å². The maximum Gasteiger partial charge on any atom is 0.0252 e. The largest absolute Gasteiger partial charge is 0.311 e. The fourth-order valence-electron chi connectivity index (χ4n) is 1.82. The summed E-state index contributed by atoms with van der Waals surface area (Å²) in [6.45, 7) is 3.47. The summed E-state index contributed by atoms with van der Waals surface area (Å²) in [5, 5.41) is 3.57. The Morgan fingerprint density at radius 3 is 2.77 bits per heavy atom. The summed E-state index contributed by atoms with van der Waals surface area (Å²) < 4.78 is 0. The zero-order valence-corrected chi connectivity index (χ0v) is 8.89. The Bertz CT molecular complexity index is 140. The highest BCUT2D eigenvalue weighted by molar-refractivity contribution is 5.00. The molecule has 0 aliphatic heterocycles. The summed E-state index contributed by atoms with van der Waals surface area (Å²) in [6.07, 6.45) is 14.1. The lowest BCUT2D eigenvalue weighted by atomic mass is 10.1. The molecule has 1 aliphatic rings. The van der Waals surface area contributed by atoms with Crippen molar-refractivity contribution in [1.82, 2.24) is 5.32 Å². The van der Waals surface area contributed by atoms with Gasteiger partial charge in [-0.1, -0.05) is 44.8 Å². The Morgan fingerprint density at radius 1 is 1.23 bits per heavy atom. The Kier molecular flexibility index (Phi) is 5.92. The lowest BCUT2D eigenvalue weighted by Crippen LogP contribution is -2.25. The van der Waals surface area contributed by atoms with E-state index in [-0.39, 0.29) is 0 Å². The summed E-state index contributed by atoms with van der Waals surface area (Å²) in [5.74, 6) is 0. The second-order valence-electron chi connectivity index (χ2n) is 3.98. The third kappa shape index (κ3) is 5.09. The minimum absolute atomic E-state index is 0.686. The van der Waals surface area contributed by atoms with Crippen LogP contribution >= 0.6 is 0 Å². The molecule has 0 amide bonds. The smallest absolute Gasteiger partial charge is 0.0252 e. The summed E-state index contributed by atoms with van der Waals surface area (Å²) in [4.78, 5) is 0. The molecule has 0 aromatic carbocycles. The molecule has 1 heteroatoms. The van der Waals surface area contributed by atoms with Crippen LogP contribution < -0.4 is 5.32 Å². The Balaban J connectivity index is 1.81. The number of hydrogen-bond donors (Lipinski definition) is 1. The first kappa shape index (κ1) is 10.8. The van der Waals surface area contributed by atoms with Gasteiger partial charge in [-0.3, -0.25) is 0 Å². The molecule has 0 aromatic heterocycles. The molecule has 1 N–H and O–H groups in total. The predicted octanol–water partition coefficient (Wildman–Crippen LogP) is 3.27. The summed E-state index contributed by atoms with van der Waals surface area (Å²) >= 11 is 0. The predicted molar refractivity (Wildman–Crippen MR) is 58.9 cm³/mol. The summed E-state index contributed by atoms with van der Waals surface area (Å²) in [5.41, 5.74) is 0. The molecule has 1 aliphatic carbocycles. The minimum atomic E-state index is 0.686. The molecule has 0 saturated heterocycles. The van der Waals surface area contributed by atoms with Gasteiger partial charge in [-0.25, -0.2) is 0 Å². The van der Waals surface area contributed by atoms with Crippen LogP contribution in [0, 0.1) is 0 Å². The SMILES string of the molecule is CCCCCCCNC1C=CCC1. The van der Waals surface area contributed by atoms with Crippen molar-refractivity contribution in [2.75, 3.05) is 6.54 Å². The standard InChI is InChI=1S/C12H23N/c1-2-3-4-5-8-11-13-12-9-6-7-10-12/h6,9,12-13H,2-5,7-8,10-11H2,1H3.